The van der Waals surface area contributed by atoms with Crippen LogP contribution >= 0.6 is 0 Å². The predicted octanol–water partition coefficient (Wildman–Crippen LogP) is 0.401. The highest BCUT2D eigenvalue weighted by Crippen LogP contribution is 1.93. The molecular formula is C9H13N5O. The van der Waals surface area contributed by atoms with Crippen molar-refractivity contribution in [2.75, 3.05) is 6.54 Å². The molecule has 6 heteroatoms. The number of nitrogens with one attached hydrogen (secondary N) is 2. The number of carbonyl (C=O) groups excluding carboxylic acids is 1. The zero-order chi connectivity index (χ0) is 11.1. The fraction of sp³-hybridized carbons (Fsp3) is 0.556. The first kappa shape index (κ1) is 11.2. The quantitative estimate of drug-likeness (QED) is 0.683. The Balaban J connectivity index is 2.37. The van der Waals surface area contributed by atoms with Crippen molar-refractivity contribution < 1.29 is 4.79 Å². The SMILES string of the molecule is CCc1nc(C(=O)NCCCC#N)n[nH]1. The summed E-state index contributed by atoms with van der Waals surface area (Å²) in [5, 5.41) is 17.4. The number of hydrogen-bond donors (Lipinski definition) is 2. The minimum Gasteiger partial charge on any atom is -0.349 e. The molecule has 15 heavy (non-hydrogen) atoms. The number of carbonyl (C=O) groups is 1. The smallest absolute Gasteiger partial charge is 0.290 e. The summed E-state index contributed by atoms with van der Waals surface area (Å²) in [6.45, 7) is 2.40. The summed E-state index contributed by atoms with van der Waals surface area (Å²) >= 11 is 0. The van der Waals surface area contributed by atoms with Crippen LogP contribution < -0.4 is 5.32 Å². The molecule has 1 aromatic rings. The molecule has 0 saturated carbocycles. The summed E-state index contributed by atoms with van der Waals surface area (Å²) in [6.07, 6.45) is 1.80. The number of amides is 1. The molecule has 0 spiro atoms. The number of nitrogens with zero attached hydrogens (tertiary/aromatic N) is 3. The number of unbranched alkanes of at least 4 members (excludes halogenated alkanes) is 1. The Morgan fingerprint density at radius 3 is 3.07 bits per heavy atom. The fourth-order valence-corrected chi connectivity index (χ4v) is 1.00. The van der Waals surface area contributed by atoms with E-state index in [1.807, 2.05) is 13.0 Å². The van der Waals surface area contributed by atoms with Crippen LogP contribution in [0.15, 0.2) is 0 Å². The largest absolute Gasteiger partial charge is 0.349 e. The van der Waals surface area contributed by atoms with Gasteiger partial charge in [0.1, 0.15) is 5.82 Å². The van der Waals surface area contributed by atoms with Crippen LogP contribution in [0.3, 0.4) is 0 Å². The second kappa shape index (κ2) is 5.75. The van der Waals surface area contributed by atoms with Crippen LogP contribution in [-0.4, -0.2) is 27.6 Å². The summed E-state index contributed by atoms with van der Waals surface area (Å²) < 4.78 is 0. The van der Waals surface area contributed by atoms with Crippen LogP contribution in [0, 0.1) is 11.3 Å². The van der Waals surface area contributed by atoms with Gasteiger partial charge in [0.25, 0.3) is 5.91 Å². The van der Waals surface area contributed by atoms with E-state index in [-0.39, 0.29) is 11.7 Å². The molecule has 80 valence electrons. The van der Waals surface area contributed by atoms with Crippen molar-refractivity contribution in [3.8, 4) is 6.07 Å². The Labute approximate surface area is 87.7 Å². The average Bonchev–Trinajstić information content (AvgIpc) is 2.72. The van der Waals surface area contributed by atoms with Gasteiger partial charge in [-0.05, 0) is 6.42 Å². The normalized spacial score (nSPS) is 9.60. The van der Waals surface area contributed by atoms with Crippen LogP contribution in [0.2, 0.25) is 0 Å². The lowest BCUT2D eigenvalue weighted by Gasteiger charge is -1.98. The van der Waals surface area contributed by atoms with Gasteiger partial charge in [0.15, 0.2) is 0 Å². The van der Waals surface area contributed by atoms with E-state index in [4.69, 9.17) is 5.26 Å². The van der Waals surface area contributed by atoms with Gasteiger partial charge in [0.05, 0.1) is 6.07 Å². The molecule has 0 aliphatic heterocycles. The lowest BCUT2D eigenvalue weighted by Crippen LogP contribution is -2.25. The fourth-order valence-electron chi connectivity index (χ4n) is 1.00. The first-order valence-corrected chi connectivity index (χ1v) is 4.84. The Morgan fingerprint density at radius 2 is 2.47 bits per heavy atom. The van der Waals surface area contributed by atoms with Gasteiger partial charge in [-0.1, -0.05) is 6.92 Å². The standard InChI is InChI=1S/C9H13N5O/c1-2-7-12-8(14-13-7)9(15)11-6-4-3-5-10/h2-4,6H2,1H3,(H,11,15)(H,12,13,14). The molecule has 0 aliphatic carbocycles. The van der Waals surface area contributed by atoms with E-state index in [1.54, 1.807) is 0 Å². The van der Waals surface area contributed by atoms with Crippen LogP contribution in [0.25, 0.3) is 0 Å². The van der Waals surface area contributed by atoms with E-state index in [0.717, 1.165) is 0 Å². The molecule has 1 heterocycles. The number of aromatic amines is 1. The minimum atomic E-state index is -0.302. The Kier molecular flexibility index (Phi) is 4.29. The zero-order valence-electron chi connectivity index (χ0n) is 8.58. The molecule has 1 rings (SSSR count). The lowest BCUT2D eigenvalue weighted by atomic mass is 10.3. The molecule has 6 nitrogen and oxygen atoms in total. The monoisotopic (exact) mass is 207 g/mol. The summed E-state index contributed by atoms with van der Waals surface area (Å²) in [5.74, 6) is 0.546. The zero-order valence-corrected chi connectivity index (χ0v) is 8.58. The number of hydrogen-bond acceptors (Lipinski definition) is 4. The van der Waals surface area contributed by atoms with Crippen molar-refractivity contribution in [2.45, 2.75) is 26.2 Å². The third-order valence-electron chi connectivity index (χ3n) is 1.82. The molecule has 1 aromatic heterocycles. The first-order chi connectivity index (χ1) is 7.27. The number of rotatable bonds is 5. The van der Waals surface area contributed by atoms with E-state index in [9.17, 15) is 4.79 Å². The molecular weight excluding hydrogens is 194 g/mol. The molecule has 0 atom stereocenters. The molecule has 0 aromatic carbocycles. The average molecular weight is 207 g/mol. The molecule has 0 bridgehead atoms. The van der Waals surface area contributed by atoms with E-state index in [2.05, 4.69) is 20.5 Å². The van der Waals surface area contributed by atoms with Crippen LogP contribution in [0.5, 0.6) is 0 Å². The topological polar surface area (TPSA) is 94.5 Å². The Bertz CT molecular complexity index is 365. The molecule has 2 N–H and O–H groups in total. The maximum Gasteiger partial charge on any atom is 0.290 e. The van der Waals surface area contributed by atoms with Crippen molar-refractivity contribution in [2.24, 2.45) is 0 Å². The number of nitriles is 1. The highest BCUT2D eigenvalue weighted by Gasteiger charge is 2.10. The van der Waals surface area contributed by atoms with Crippen LogP contribution in [-0.2, 0) is 6.42 Å². The molecule has 1 amide bonds. The van der Waals surface area contributed by atoms with E-state index >= 15 is 0 Å². The van der Waals surface area contributed by atoms with Crippen molar-refractivity contribution in [1.82, 2.24) is 20.5 Å². The molecule has 0 saturated heterocycles. The van der Waals surface area contributed by atoms with Gasteiger partial charge < -0.3 is 5.32 Å². The Hall–Kier alpha value is -1.90. The van der Waals surface area contributed by atoms with E-state index in [1.165, 1.54) is 0 Å². The highest BCUT2D eigenvalue weighted by molar-refractivity contribution is 5.90. The van der Waals surface area contributed by atoms with Gasteiger partial charge in [-0.3, -0.25) is 9.89 Å². The minimum absolute atomic E-state index is 0.156. The van der Waals surface area contributed by atoms with E-state index < -0.39 is 0 Å². The third-order valence-corrected chi connectivity index (χ3v) is 1.82. The molecule has 0 unspecified atom stereocenters. The molecule has 0 fully saturated rings. The summed E-state index contributed by atoms with van der Waals surface area (Å²) in [6, 6.07) is 2.01. The Morgan fingerprint density at radius 1 is 1.67 bits per heavy atom. The maximum absolute atomic E-state index is 11.4. The third kappa shape index (κ3) is 3.38. The number of aryl methyl sites for hydroxylation is 1. The maximum atomic E-state index is 11.4. The van der Waals surface area contributed by atoms with Crippen molar-refractivity contribution in [1.29, 1.82) is 5.26 Å². The second-order valence-electron chi connectivity index (χ2n) is 2.98. The van der Waals surface area contributed by atoms with Crippen molar-refractivity contribution >= 4 is 5.91 Å². The lowest BCUT2D eigenvalue weighted by molar-refractivity contribution is 0.0943. The van der Waals surface area contributed by atoms with Gasteiger partial charge in [-0.15, -0.1) is 5.10 Å². The van der Waals surface area contributed by atoms with Crippen molar-refractivity contribution in [3.05, 3.63) is 11.6 Å². The van der Waals surface area contributed by atoms with Gasteiger partial charge >= 0.3 is 0 Å². The van der Waals surface area contributed by atoms with Gasteiger partial charge in [-0.25, -0.2) is 4.98 Å². The van der Waals surface area contributed by atoms with Gasteiger partial charge in [0, 0.05) is 19.4 Å². The second-order valence-corrected chi connectivity index (χ2v) is 2.98. The molecule has 0 radical (unpaired) electrons. The van der Waals surface area contributed by atoms with Gasteiger partial charge in [0.2, 0.25) is 5.82 Å². The van der Waals surface area contributed by atoms with Crippen molar-refractivity contribution in [3.63, 3.8) is 0 Å². The first-order valence-electron chi connectivity index (χ1n) is 4.84. The number of H-pyrrole nitrogens is 1. The summed E-state index contributed by atoms with van der Waals surface area (Å²) in [4.78, 5) is 15.4. The number of aromatic nitrogens is 3. The molecule has 0 aliphatic rings. The summed E-state index contributed by atoms with van der Waals surface area (Å²) in [5.41, 5.74) is 0. The van der Waals surface area contributed by atoms with Crippen LogP contribution in [0.4, 0.5) is 0 Å². The highest BCUT2D eigenvalue weighted by atomic mass is 16.2. The van der Waals surface area contributed by atoms with Crippen LogP contribution in [0.1, 0.15) is 36.2 Å². The summed E-state index contributed by atoms with van der Waals surface area (Å²) in [7, 11) is 0. The predicted molar refractivity (Wildman–Crippen MR) is 52.9 cm³/mol. The van der Waals surface area contributed by atoms with E-state index in [0.29, 0.717) is 31.6 Å². The van der Waals surface area contributed by atoms with Gasteiger partial charge in [-0.2, -0.15) is 5.26 Å².